The fourth-order valence-electron chi connectivity index (χ4n) is 3.98. The van der Waals surface area contributed by atoms with Crippen molar-refractivity contribution in [3.05, 3.63) is 48.0 Å². The quantitative estimate of drug-likeness (QED) is 0.528. The molecule has 1 saturated carbocycles. The smallest absolute Gasteiger partial charge is 0.159 e. The van der Waals surface area contributed by atoms with Crippen LogP contribution in [0.5, 0.6) is 0 Å². The van der Waals surface area contributed by atoms with Crippen molar-refractivity contribution in [2.45, 2.75) is 31.2 Å². The highest BCUT2D eigenvalue weighted by molar-refractivity contribution is 6.04. The van der Waals surface area contributed by atoms with Gasteiger partial charge in [-0.2, -0.15) is 5.26 Å². The average molecular weight is 343 g/mol. The van der Waals surface area contributed by atoms with Crippen LogP contribution in [0, 0.1) is 11.3 Å². The highest BCUT2D eigenvalue weighted by atomic mass is 15.1. The van der Waals surface area contributed by atoms with Crippen LogP contribution in [0.3, 0.4) is 0 Å². The third kappa shape index (κ3) is 2.39. The molecule has 4 aromatic heterocycles. The molecule has 0 radical (unpaired) electrons. The molecule has 0 unspecified atom stereocenters. The molecule has 2 atom stereocenters. The Morgan fingerprint density at radius 3 is 2.88 bits per heavy atom. The lowest BCUT2D eigenvalue weighted by Gasteiger charge is -2.14. The molecule has 3 N–H and O–H groups in total. The summed E-state index contributed by atoms with van der Waals surface area (Å²) in [5.74, 6) is 1.27. The first kappa shape index (κ1) is 14.9. The summed E-state index contributed by atoms with van der Waals surface area (Å²) in [4.78, 5) is 13.0. The van der Waals surface area contributed by atoms with Crippen LogP contribution in [0.4, 0.5) is 5.82 Å². The highest BCUT2D eigenvalue weighted by Gasteiger charge is 2.29. The van der Waals surface area contributed by atoms with Crippen molar-refractivity contribution < 1.29 is 0 Å². The summed E-state index contributed by atoms with van der Waals surface area (Å²) in [5.41, 5.74) is 3.62. The Kier molecular flexibility index (Phi) is 3.35. The number of hydrogen-bond acceptors (Lipinski definition) is 5. The monoisotopic (exact) mass is 343 g/mol. The maximum absolute atomic E-state index is 8.87. The molecule has 0 aliphatic heterocycles. The van der Waals surface area contributed by atoms with Gasteiger partial charge in [0.25, 0.3) is 0 Å². The number of hydrogen-bond donors (Lipinski definition) is 3. The number of aromatic amines is 2. The van der Waals surface area contributed by atoms with Gasteiger partial charge in [0, 0.05) is 40.8 Å². The minimum Gasteiger partial charge on any atom is -0.367 e. The number of aromatic nitrogens is 5. The molecule has 0 amide bonds. The second kappa shape index (κ2) is 5.85. The Morgan fingerprint density at radius 1 is 1.08 bits per heavy atom. The van der Waals surface area contributed by atoms with E-state index in [9.17, 15) is 0 Å². The number of nitrogens with one attached hydrogen (secondary N) is 3. The number of nitrogens with zero attached hydrogens (tertiary/aromatic N) is 4. The van der Waals surface area contributed by atoms with E-state index < -0.39 is 0 Å². The van der Waals surface area contributed by atoms with Crippen LogP contribution in [-0.2, 0) is 0 Å². The van der Waals surface area contributed by atoms with Crippen molar-refractivity contribution in [2.24, 2.45) is 0 Å². The van der Waals surface area contributed by atoms with Crippen LogP contribution >= 0.6 is 0 Å². The molecule has 0 saturated heterocycles. The van der Waals surface area contributed by atoms with Crippen LogP contribution in [0.15, 0.2) is 36.8 Å². The fraction of sp³-hybridized carbons (Fsp3) is 0.263. The molecule has 26 heavy (non-hydrogen) atoms. The molecule has 0 aromatic carbocycles. The Labute approximate surface area is 149 Å². The number of nitriles is 1. The molecule has 0 spiro atoms. The summed E-state index contributed by atoms with van der Waals surface area (Å²) < 4.78 is 0. The molecule has 4 heterocycles. The van der Waals surface area contributed by atoms with Crippen molar-refractivity contribution in [2.75, 3.05) is 5.32 Å². The van der Waals surface area contributed by atoms with E-state index in [-0.39, 0.29) is 0 Å². The second-order valence-corrected chi connectivity index (χ2v) is 6.79. The van der Waals surface area contributed by atoms with Crippen molar-refractivity contribution in [3.63, 3.8) is 0 Å². The number of rotatable bonds is 3. The molecule has 0 bridgehead atoms. The van der Waals surface area contributed by atoms with Gasteiger partial charge in [-0.3, -0.25) is 5.10 Å². The molecule has 4 aromatic rings. The van der Waals surface area contributed by atoms with Crippen molar-refractivity contribution in [1.29, 1.82) is 5.26 Å². The minimum absolute atomic E-state index is 0.369. The number of pyridine rings is 2. The van der Waals surface area contributed by atoms with E-state index in [1.807, 2.05) is 24.5 Å². The lowest BCUT2D eigenvalue weighted by molar-refractivity contribution is 0.682. The summed E-state index contributed by atoms with van der Waals surface area (Å²) >= 11 is 0. The third-order valence-corrected chi connectivity index (χ3v) is 5.22. The predicted octanol–water partition coefficient (Wildman–Crippen LogP) is 3.45. The molecule has 1 aliphatic carbocycles. The number of anilines is 1. The lowest BCUT2D eigenvalue weighted by Crippen LogP contribution is -2.16. The van der Waals surface area contributed by atoms with Gasteiger partial charge in [-0.15, -0.1) is 0 Å². The van der Waals surface area contributed by atoms with Gasteiger partial charge in [0.15, 0.2) is 5.65 Å². The molecular weight excluding hydrogens is 326 g/mol. The summed E-state index contributed by atoms with van der Waals surface area (Å²) in [5, 5.41) is 21.3. The summed E-state index contributed by atoms with van der Waals surface area (Å²) in [6.07, 6.45) is 8.48. The molecule has 7 heteroatoms. The van der Waals surface area contributed by atoms with Gasteiger partial charge in [0.2, 0.25) is 0 Å². The van der Waals surface area contributed by atoms with Gasteiger partial charge < -0.3 is 10.4 Å². The molecule has 128 valence electrons. The van der Waals surface area contributed by atoms with Crippen LogP contribution in [0.1, 0.15) is 36.4 Å². The first-order chi connectivity index (χ1) is 12.8. The second-order valence-electron chi connectivity index (χ2n) is 6.79. The van der Waals surface area contributed by atoms with E-state index in [2.05, 4.69) is 36.5 Å². The molecule has 5 rings (SSSR count). The van der Waals surface area contributed by atoms with Crippen molar-refractivity contribution >= 4 is 27.8 Å². The normalized spacial score (nSPS) is 19.8. The van der Waals surface area contributed by atoms with Gasteiger partial charge in [0.1, 0.15) is 11.9 Å². The van der Waals surface area contributed by atoms with E-state index in [0.717, 1.165) is 41.6 Å². The van der Waals surface area contributed by atoms with E-state index in [1.165, 1.54) is 11.1 Å². The fourth-order valence-corrected chi connectivity index (χ4v) is 3.98. The Hall–Kier alpha value is -3.40. The first-order valence-electron chi connectivity index (χ1n) is 8.74. The van der Waals surface area contributed by atoms with E-state index in [4.69, 9.17) is 5.26 Å². The Morgan fingerprint density at radius 2 is 2.04 bits per heavy atom. The number of fused-ring (bicyclic) bond motifs is 3. The van der Waals surface area contributed by atoms with Gasteiger partial charge >= 0.3 is 0 Å². The van der Waals surface area contributed by atoms with E-state index in [0.29, 0.717) is 17.5 Å². The van der Waals surface area contributed by atoms with Crippen LogP contribution < -0.4 is 5.32 Å². The van der Waals surface area contributed by atoms with Crippen molar-refractivity contribution in [1.82, 2.24) is 25.1 Å². The summed E-state index contributed by atoms with van der Waals surface area (Å²) in [6, 6.07) is 8.16. The zero-order valence-corrected chi connectivity index (χ0v) is 14.0. The lowest BCUT2D eigenvalue weighted by atomic mass is 9.99. The minimum atomic E-state index is 0.369. The molecule has 7 nitrogen and oxygen atoms in total. The van der Waals surface area contributed by atoms with Gasteiger partial charge in [-0.25, -0.2) is 15.0 Å². The third-order valence-electron chi connectivity index (χ3n) is 5.22. The summed E-state index contributed by atoms with van der Waals surface area (Å²) in [6.45, 7) is 0. The molecular formula is C19H17N7. The zero-order chi connectivity index (χ0) is 17.5. The number of H-pyrrole nitrogens is 2. The van der Waals surface area contributed by atoms with E-state index in [1.54, 1.807) is 12.3 Å². The van der Waals surface area contributed by atoms with Crippen LogP contribution in [0.25, 0.3) is 21.9 Å². The van der Waals surface area contributed by atoms with Crippen LogP contribution in [0.2, 0.25) is 0 Å². The van der Waals surface area contributed by atoms with Gasteiger partial charge in [-0.1, -0.05) is 0 Å². The van der Waals surface area contributed by atoms with Gasteiger partial charge in [-0.05, 0) is 37.5 Å². The molecule has 1 aliphatic rings. The molecule has 1 fully saturated rings. The SMILES string of the molecule is N#Cc1ccc(N[C@@H]2CC[C@H](c3[nH][nH]c4cnc5nccc5c34)C2)nc1. The predicted molar refractivity (Wildman–Crippen MR) is 98.7 cm³/mol. The van der Waals surface area contributed by atoms with Crippen molar-refractivity contribution in [3.8, 4) is 6.07 Å². The van der Waals surface area contributed by atoms with Crippen LogP contribution in [-0.4, -0.2) is 31.2 Å². The highest BCUT2D eigenvalue weighted by Crippen LogP contribution is 2.39. The average Bonchev–Trinajstić information content (AvgIpc) is 3.40. The maximum Gasteiger partial charge on any atom is 0.159 e. The first-order valence-corrected chi connectivity index (χ1v) is 8.74. The summed E-state index contributed by atoms with van der Waals surface area (Å²) in [7, 11) is 0. The largest absolute Gasteiger partial charge is 0.367 e. The van der Waals surface area contributed by atoms with Gasteiger partial charge in [0.05, 0.1) is 17.3 Å². The zero-order valence-electron chi connectivity index (χ0n) is 14.0. The standard InChI is InChI=1S/C19H17N7/c20-8-11-1-4-16(22-9-11)24-13-3-2-12(7-13)18-17-14-5-6-21-19(14)23-10-15(17)25-26-18/h1,4-6,9-10,12-13,25-26H,2-3,7H2,(H,22,24)/t12-,13+/m0/s1. The Balaban J connectivity index is 1.39. The Bertz CT molecular complexity index is 1120. The topological polar surface area (TPSA) is 106 Å². The maximum atomic E-state index is 8.87. The van der Waals surface area contributed by atoms with E-state index >= 15 is 0 Å².